The number of halogens is 1. The molecule has 1 aromatic heterocycles. The Kier molecular flexibility index (Phi) is 3.86. The van der Waals surface area contributed by atoms with Crippen LogP contribution < -0.4 is 5.32 Å². The zero-order chi connectivity index (χ0) is 12.3. The van der Waals surface area contributed by atoms with E-state index in [2.05, 4.69) is 30.8 Å². The number of hydrogen-bond acceptors (Lipinski definition) is 4. The van der Waals surface area contributed by atoms with E-state index in [1.54, 1.807) is 0 Å². The Morgan fingerprint density at radius 1 is 1.53 bits per heavy atom. The minimum Gasteiger partial charge on any atom is -0.321 e. The molecule has 0 atom stereocenters. The van der Waals surface area contributed by atoms with Gasteiger partial charge in [-0.3, -0.25) is 4.79 Å². The van der Waals surface area contributed by atoms with E-state index < -0.39 is 0 Å². The van der Waals surface area contributed by atoms with Gasteiger partial charge in [-0.25, -0.2) is 0 Å². The van der Waals surface area contributed by atoms with E-state index in [9.17, 15) is 4.79 Å². The molecule has 1 amide bonds. The molecule has 1 aromatic carbocycles. The van der Waals surface area contributed by atoms with E-state index in [-0.39, 0.29) is 5.91 Å². The molecular formula is C11H10BrN3OS. The van der Waals surface area contributed by atoms with Gasteiger partial charge >= 0.3 is 0 Å². The first kappa shape index (κ1) is 12.2. The Labute approximate surface area is 111 Å². The Balaban J connectivity index is 2.21. The van der Waals surface area contributed by atoms with Gasteiger partial charge < -0.3 is 5.32 Å². The zero-order valence-electron chi connectivity index (χ0n) is 9.11. The van der Waals surface area contributed by atoms with E-state index in [4.69, 9.17) is 0 Å². The molecule has 0 radical (unpaired) electrons. The summed E-state index contributed by atoms with van der Waals surface area (Å²) in [6.45, 7) is 2.05. The van der Waals surface area contributed by atoms with E-state index >= 15 is 0 Å². The summed E-state index contributed by atoms with van der Waals surface area (Å²) in [5, 5.41) is 6.50. The molecular weight excluding hydrogens is 302 g/mol. The number of hydrogen-bond donors (Lipinski definition) is 1. The molecule has 0 aliphatic carbocycles. The van der Waals surface area contributed by atoms with Gasteiger partial charge in [0, 0.05) is 10.2 Å². The normalized spacial score (nSPS) is 10.2. The first-order valence-electron chi connectivity index (χ1n) is 5.08. The van der Waals surface area contributed by atoms with Gasteiger partial charge in [-0.15, -0.1) is 5.10 Å². The molecule has 4 nitrogen and oxygen atoms in total. The molecule has 0 spiro atoms. The van der Waals surface area contributed by atoms with Gasteiger partial charge in [0.25, 0.3) is 5.91 Å². The molecule has 6 heteroatoms. The number of aryl methyl sites for hydroxylation is 1. The third-order valence-corrected chi connectivity index (χ3v) is 3.44. The van der Waals surface area contributed by atoms with Crippen molar-refractivity contribution in [3.05, 3.63) is 39.3 Å². The molecule has 0 saturated heterocycles. The molecule has 0 aliphatic rings. The van der Waals surface area contributed by atoms with Crippen molar-refractivity contribution < 1.29 is 4.79 Å². The van der Waals surface area contributed by atoms with Crippen molar-refractivity contribution in [1.82, 2.24) is 9.59 Å². The Bertz CT molecular complexity index is 528. The maximum absolute atomic E-state index is 11.8. The molecule has 17 heavy (non-hydrogen) atoms. The number of carbonyl (C=O) groups excluding carboxylic acids is 1. The SMILES string of the molecule is CCc1cc(Br)ccc1NC(=O)c1cnns1. The molecule has 2 aromatic rings. The largest absolute Gasteiger partial charge is 0.321 e. The Morgan fingerprint density at radius 3 is 3.00 bits per heavy atom. The fourth-order valence-electron chi connectivity index (χ4n) is 1.43. The van der Waals surface area contributed by atoms with Gasteiger partial charge in [-0.2, -0.15) is 0 Å². The summed E-state index contributed by atoms with van der Waals surface area (Å²) in [5.74, 6) is -0.169. The maximum atomic E-state index is 11.8. The molecule has 1 N–H and O–H groups in total. The van der Waals surface area contributed by atoms with Crippen LogP contribution in [-0.2, 0) is 6.42 Å². The highest BCUT2D eigenvalue weighted by Gasteiger charge is 2.10. The first-order chi connectivity index (χ1) is 8.20. The van der Waals surface area contributed by atoms with E-state index in [1.807, 2.05) is 25.1 Å². The number of nitrogens with zero attached hydrogens (tertiary/aromatic N) is 2. The van der Waals surface area contributed by atoms with Crippen molar-refractivity contribution >= 4 is 39.1 Å². The highest BCUT2D eigenvalue weighted by Crippen LogP contribution is 2.22. The average Bonchev–Trinajstić information content (AvgIpc) is 2.85. The van der Waals surface area contributed by atoms with Crippen molar-refractivity contribution in [2.24, 2.45) is 0 Å². The molecule has 1 heterocycles. The lowest BCUT2D eigenvalue weighted by Crippen LogP contribution is -2.11. The number of nitrogens with one attached hydrogen (secondary N) is 1. The summed E-state index contributed by atoms with van der Waals surface area (Å²) in [7, 11) is 0. The predicted molar refractivity (Wildman–Crippen MR) is 71.4 cm³/mol. The van der Waals surface area contributed by atoms with Gasteiger partial charge in [0.1, 0.15) is 4.88 Å². The van der Waals surface area contributed by atoms with Crippen molar-refractivity contribution in [3.63, 3.8) is 0 Å². The second-order valence-corrected chi connectivity index (χ2v) is 5.09. The van der Waals surface area contributed by atoms with Crippen LogP contribution in [0.15, 0.2) is 28.9 Å². The minimum atomic E-state index is -0.169. The molecule has 88 valence electrons. The summed E-state index contributed by atoms with van der Waals surface area (Å²) < 4.78 is 4.67. The summed E-state index contributed by atoms with van der Waals surface area (Å²) in [6.07, 6.45) is 2.32. The molecule has 0 bridgehead atoms. The smallest absolute Gasteiger partial charge is 0.269 e. The second kappa shape index (κ2) is 5.37. The van der Waals surface area contributed by atoms with Gasteiger partial charge in [-0.1, -0.05) is 27.3 Å². The van der Waals surface area contributed by atoms with Crippen LogP contribution in [0.1, 0.15) is 22.2 Å². The van der Waals surface area contributed by atoms with Crippen LogP contribution in [-0.4, -0.2) is 15.5 Å². The van der Waals surface area contributed by atoms with Crippen molar-refractivity contribution in [2.75, 3.05) is 5.32 Å². The van der Waals surface area contributed by atoms with Crippen LogP contribution in [0, 0.1) is 0 Å². The first-order valence-corrected chi connectivity index (χ1v) is 6.64. The van der Waals surface area contributed by atoms with Crippen molar-refractivity contribution in [3.8, 4) is 0 Å². The quantitative estimate of drug-likeness (QED) is 0.947. The number of aromatic nitrogens is 2. The van der Waals surface area contributed by atoms with Crippen molar-refractivity contribution in [1.29, 1.82) is 0 Å². The lowest BCUT2D eigenvalue weighted by atomic mass is 10.1. The Hall–Kier alpha value is -1.27. The standard InChI is InChI=1S/C11H10BrN3OS/c1-2-7-5-8(12)3-4-9(7)14-11(16)10-6-13-15-17-10/h3-6H,2H2,1H3,(H,14,16). The van der Waals surface area contributed by atoms with Crippen LogP contribution in [0.4, 0.5) is 5.69 Å². The topological polar surface area (TPSA) is 54.9 Å². The second-order valence-electron chi connectivity index (χ2n) is 3.39. The van der Waals surface area contributed by atoms with Gasteiger partial charge in [0.05, 0.1) is 6.20 Å². The summed E-state index contributed by atoms with van der Waals surface area (Å²) >= 11 is 4.50. The summed E-state index contributed by atoms with van der Waals surface area (Å²) in [5.41, 5.74) is 1.92. The number of rotatable bonds is 3. The fraction of sp³-hybridized carbons (Fsp3) is 0.182. The molecule has 0 fully saturated rings. The lowest BCUT2D eigenvalue weighted by molar-refractivity contribution is 0.103. The van der Waals surface area contributed by atoms with Crippen LogP contribution in [0.2, 0.25) is 0 Å². The van der Waals surface area contributed by atoms with Crippen LogP contribution in [0.5, 0.6) is 0 Å². The summed E-state index contributed by atoms with van der Waals surface area (Å²) in [6, 6.07) is 5.79. The Morgan fingerprint density at radius 2 is 2.35 bits per heavy atom. The molecule has 2 rings (SSSR count). The van der Waals surface area contributed by atoms with Crippen molar-refractivity contribution in [2.45, 2.75) is 13.3 Å². The van der Waals surface area contributed by atoms with E-state index in [0.717, 1.165) is 33.7 Å². The average molecular weight is 312 g/mol. The summed E-state index contributed by atoms with van der Waals surface area (Å²) in [4.78, 5) is 12.3. The molecule has 0 unspecified atom stereocenters. The molecule has 0 saturated carbocycles. The van der Waals surface area contributed by atoms with Gasteiger partial charge in [0.15, 0.2) is 0 Å². The maximum Gasteiger partial charge on any atom is 0.269 e. The van der Waals surface area contributed by atoms with Crippen LogP contribution >= 0.6 is 27.5 Å². The zero-order valence-corrected chi connectivity index (χ0v) is 11.5. The third kappa shape index (κ3) is 2.89. The number of benzene rings is 1. The lowest BCUT2D eigenvalue weighted by Gasteiger charge is -2.09. The highest BCUT2D eigenvalue weighted by molar-refractivity contribution is 9.10. The predicted octanol–water partition coefficient (Wildman–Crippen LogP) is 3.12. The van der Waals surface area contributed by atoms with E-state index in [1.165, 1.54) is 6.20 Å². The van der Waals surface area contributed by atoms with Gasteiger partial charge in [-0.05, 0) is 41.7 Å². The van der Waals surface area contributed by atoms with Gasteiger partial charge in [0.2, 0.25) is 0 Å². The fourth-order valence-corrected chi connectivity index (χ4v) is 2.25. The third-order valence-electron chi connectivity index (χ3n) is 2.28. The number of anilines is 1. The van der Waals surface area contributed by atoms with Crippen LogP contribution in [0.3, 0.4) is 0 Å². The van der Waals surface area contributed by atoms with E-state index in [0.29, 0.717) is 4.88 Å². The minimum absolute atomic E-state index is 0.169. The molecule has 0 aliphatic heterocycles. The monoisotopic (exact) mass is 311 g/mol. The van der Waals surface area contributed by atoms with Crippen LogP contribution in [0.25, 0.3) is 0 Å². The number of carbonyl (C=O) groups is 1. The highest BCUT2D eigenvalue weighted by atomic mass is 79.9. The number of amides is 1.